The molecule has 32 heavy (non-hydrogen) atoms. The molecule has 0 bridgehead atoms. The van der Waals surface area contributed by atoms with Crippen LogP contribution in [0.3, 0.4) is 0 Å². The lowest BCUT2D eigenvalue weighted by atomic mass is 9.96. The number of hydrogen-bond donors (Lipinski definition) is 1. The molecule has 2 aromatic carbocycles. The summed E-state index contributed by atoms with van der Waals surface area (Å²) in [6, 6.07) is 21.1. The number of esters is 1. The van der Waals surface area contributed by atoms with Crippen molar-refractivity contribution >= 4 is 11.9 Å². The Morgan fingerprint density at radius 3 is 1.91 bits per heavy atom. The number of methoxy groups -OCH3 is 1. The Balaban J connectivity index is 1.52. The van der Waals surface area contributed by atoms with Crippen LogP contribution in [0.1, 0.15) is 49.3 Å². The van der Waals surface area contributed by atoms with E-state index in [9.17, 15) is 9.59 Å². The van der Waals surface area contributed by atoms with E-state index in [1.54, 1.807) is 13.8 Å². The first-order chi connectivity index (χ1) is 15.5. The highest BCUT2D eigenvalue weighted by atomic mass is 16.5. The predicted molar refractivity (Wildman–Crippen MR) is 124 cm³/mol. The fourth-order valence-electron chi connectivity index (χ4n) is 4.60. The van der Waals surface area contributed by atoms with Gasteiger partial charge in [0.1, 0.15) is 5.69 Å². The summed E-state index contributed by atoms with van der Waals surface area (Å²) in [4.78, 5) is 32.7. The van der Waals surface area contributed by atoms with Gasteiger partial charge in [0.05, 0.1) is 18.7 Å². The summed E-state index contributed by atoms with van der Waals surface area (Å²) in [6.45, 7) is 6.37. The molecule has 0 radical (unpaired) electrons. The van der Waals surface area contributed by atoms with Crippen LogP contribution in [0, 0.1) is 13.8 Å². The highest BCUT2D eigenvalue weighted by Crippen LogP contribution is 2.30. The van der Waals surface area contributed by atoms with E-state index >= 15 is 0 Å². The second-order valence-electron chi connectivity index (χ2n) is 8.17. The zero-order valence-electron chi connectivity index (χ0n) is 18.8. The third-order valence-corrected chi connectivity index (χ3v) is 6.24. The lowest BCUT2D eigenvalue weighted by molar-refractivity contribution is 0.0591. The molecule has 6 heteroatoms. The van der Waals surface area contributed by atoms with Gasteiger partial charge in [-0.25, -0.2) is 4.79 Å². The number of aromatic amines is 1. The minimum atomic E-state index is -0.423. The molecule has 0 spiro atoms. The Morgan fingerprint density at radius 2 is 1.41 bits per heavy atom. The Bertz CT molecular complexity index is 1040. The summed E-state index contributed by atoms with van der Waals surface area (Å²) < 4.78 is 4.87. The lowest BCUT2D eigenvalue weighted by Gasteiger charge is -2.39. The maximum Gasteiger partial charge on any atom is 0.339 e. The first-order valence-corrected chi connectivity index (χ1v) is 10.9. The number of carbonyl (C=O) groups is 2. The van der Waals surface area contributed by atoms with Crippen molar-refractivity contribution in [2.45, 2.75) is 19.9 Å². The van der Waals surface area contributed by atoms with Crippen LogP contribution < -0.4 is 0 Å². The molecule has 0 saturated carbocycles. The molecule has 0 aliphatic carbocycles. The van der Waals surface area contributed by atoms with Crippen molar-refractivity contribution in [3.8, 4) is 0 Å². The van der Waals surface area contributed by atoms with Gasteiger partial charge in [0.25, 0.3) is 5.91 Å². The number of nitrogens with zero attached hydrogens (tertiary/aromatic N) is 2. The quantitative estimate of drug-likeness (QED) is 0.621. The minimum absolute atomic E-state index is 0.0728. The summed E-state index contributed by atoms with van der Waals surface area (Å²) in [5.74, 6) is -0.495. The van der Waals surface area contributed by atoms with E-state index in [1.165, 1.54) is 18.2 Å². The summed E-state index contributed by atoms with van der Waals surface area (Å²) >= 11 is 0. The number of H-pyrrole nitrogens is 1. The number of nitrogens with one attached hydrogen (secondary N) is 1. The summed E-state index contributed by atoms with van der Waals surface area (Å²) in [5, 5.41) is 0. The molecular formula is C26H29N3O3. The largest absolute Gasteiger partial charge is 0.465 e. The standard InChI is InChI=1S/C26H29N3O3/c1-18-22(26(31)32-3)19(2)27-23(18)25(30)29-16-14-28(15-17-29)24(20-10-6-4-7-11-20)21-12-8-5-9-13-21/h4-13,24,27H,14-17H2,1-3H3. The first kappa shape index (κ1) is 21.8. The summed E-state index contributed by atoms with van der Waals surface area (Å²) in [6.07, 6.45) is 0. The van der Waals surface area contributed by atoms with Crippen LogP contribution in [0.5, 0.6) is 0 Å². The number of carbonyl (C=O) groups excluding carboxylic acids is 2. The minimum Gasteiger partial charge on any atom is -0.465 e. The van der Waals surface area contributed by atoms with E-state index in [-0.39, 0.29) is 11.9 Å². The maximum absolute atomic E-state index is 13.2. The number of ether oxygens (including phenoxy) is 1. The average Bonchev–Trinajstić information content (AvgIpc) is 3.14. The van der Waals surface area contributed by atoms with Gasteiger partial charge in [-0.05, 0) is 30.5 Å². The predicted octanol–water partition coefficient (Wildman–Crippen LogP) is 3.97. The Hall–Kier alpha value is -3.38. The number of benzene rings is 2. The van der Waals surface area contributed by atoms with E-state index in [1.807, 2.05) is 17.0 Å². The highest BCUT2D eigenvalue weighted by Gasteiger charge is 2.31. The fraction of sp³-hybridized carbons (Fsp3) is 0.308. The van der Waals surface area contributed by atoms with Crippen molar-refractivity contribution in [1.82, 2.24) is 14.8 Å². The number of aryl methyl sites for hydroxylation is 1. The van der Waals surface area contributed by atoms with E-state index < -0.39 is 5.97 Å². The zero-order chi connectivity index (χ0) is 22.7. The van der Waals surface area contributed by atoms with Crippen LogP contribution in [0.25, 0.3) is 0 Å². The first-order valence-electron chi connectivity index (χ1n) is 10.9. The van der Waals surface area contributed by atoms with Crippen LogP contribution in [0.15, 0.2) is 60.7 Å². The molecule has 1 aromatic heterocycles. The third-order valence-electron chi connectivity index (χ3n) is 6.24. The highest BCUT2D eigenvalue weighted by molar-refractivity contribution is 6.00. The summed E-state index contributed by atoms with van der Waals surface area (Å²) in [7, 11) is 1.35. The van der Waals surface area contributed by atoms with Crippen LogP contribution in [-0.2, 0) is 4.74 Å². The molecule has 2 heterocycles. The van der Waals surface area contributed by atoms with Crippen molar-refractivity contribution in [3.63, 3.8) is 0 Å². The van der Waals surface area contributed by atoms with Gasteiger partial charge in [-0.15, -0.1) is 0 Å². The Morgan fingerprint density at radius 1 is 0.875 bits per heavy atom. The van der Waals surface area contributed by atoms with Crippen LogP contribution in [0.4, 0.5) is 0 Å². The zero-order valence-corrected chi connectivity index (χ0v) is 18.8. The van der Waals surface area contributed by atoms with Gasteiger partial charge in [-0.2, -0.15) is 0 Å². The summed E-state index contributed by atoms with van der Waals surface area (Å²) in [5.41, 5.74) is 4.72. The van der Waals surface area contributed by atoms with Gasteiger partial charge in [0, 0.05) is 31.9 Å². The van der Waals surface area contributed by atoms with Crippen LogP contribution >= 0.6 is 0 Å². The van der Waals surface area contributed by atoms with Crippen molar-refractivity contribution in [2.24, 2.45) is 0 Å². The molecule has 1 fully saturated rings. The second-order valence-corrected chi connectivity index (χ2v) is 8.17. The molecule has 1 amide bonds. The molecule has 1 aliphatic rings. The van der Waals surface area contributed by atoms with E-state index in [0.717, 1.165) is 13.1 Å². The Labute approximate surface area is 188 Å². The van der Waals surface area contributed by atoms with Gasteiger partial charge in [0.2, 0.25) is 0 Å². The normalized spacial score (nSPS) is 14.6. The number of piperazine rings is 1. The van der Waals surface area contributed by atoms with Gasteiger partial charge < -0.3 is 14.6 Å². The number of hydrogen-bond acceptors (Lipinski definition) is 4. The van der Waals surface area contributed by atoms with Crippen molar-refractivity contribution < 1.29 is 14.3 Å². The Kier molecular flexibility index (Phi) is 6.42. The van der Waals surface area contributed by atoms with Crippen molar-refractivity contribution in [2.75, 3.05) is 33.3 Å². The van der Waals surface area contributed by atoms with Gasteiger partial charge >= 0.3 is 5.97 Å². The van der Waals surface area contributed by atoms with Gasteiger partial charge in [-0.3, -0.25) is 9.69 Å². The molecule has 6 nitrogen and oxygen atoms in total. The molecule has 1 saturated heterocycles. The van der Waals surface area contributed by atoms with E-state index in [0.29, 0.717) is 35.6 Å². The van der Waals surface area contributed by atoms with Crippen LogP contribution in [-0.4, -0.2) is 59.9 Å². The smallest absolute Gasteiger partial charge is 0.339 e. The number of aromatic nitrogens is 1. The van der Waals surface area contributed by atoms with Gasteiger partial charge in [0.15, 0.2) is 0 Å². The maximum atomic E-state index is 13.2. The monoisotopic (exact) mass is 431 g/mol. The molecule has 1 aliphatic heterocycles. The molecule has 1 N–H and O–H groups in total. The lowest BCUT2D eigenvalue weighted by Crippen LogP contribution is -2.50. The number of amides is 1. The van der Waals surface area contributed by atoms with E-state index in [2.05, 4.69) is 58.4 Å². The molecular weight excluding hydrogens is 402 g/mol. The van der Waals surface area contributed by atoms with Crippen molar-refractivity contribution in [3.05, 3.63) is 94.3 Å². The van der Waals surface area contributed by atoms with E-state index in [4.69, 9.17) is 4.74 Å². The second kappa shape index (κ2) is 9.40. The molecule has 166 valence electrons. The third kappa shape index (κ3) is 4.18. The van der Waals surface area contributed by atoms with Gasteiger partial charge in [-0.1, -0.05) is 60.7 Å². The molecule has 0 atom stereocenters. The fourth-order valence-corrected chi connectivity index (χ4v) is 4.60. The topological polar surface area (TPSA) is 65.6 Å². The molecule has 0 unspecified atom stereocenters. The van der Waals surface area contributed by atoms with Crippen LogP contribution in [0.2, 0.25) is 0 Å². The SMILES string of the molecule is COC(=O)c1c(C)[nH]c(C(=O)N2CCN(C(c3ccccc3)c3ccccc3)CC2)c1C. The number of rotatable bonds is 5. The molecule has 3 aromatic rings. The van der Waals surface area contributed by atoms with Crippen molar-refractivity contribution in [1.29, 1.82) is 0 Å². The molecule has 4 rings (SSSR count). The average molecular weight is 432 g/mol.